The molecule has 2 N–H and O–H groups in total. The monoisotopic (exact) mass is 446 g/mol. The lowest BCUT2D eigenvalue weighted by Gasteiger charge is -2.26. The Balaban J connectivity index is 1.59. The normalized spacial score (nSPS) is 15.8. The number of carbonyl (C=O) groups excluding carboxylic acids is 1. The van der Waals surface area contributed by atoms with Gasteiger partial charge in [-0.15, -0.1) is 0 Å². The minimum absolute atomic E-state index is 0.0841. The number of nitrogens with zero attached hydrogens (tertiary/aromatic N) is 3. The van der Waals surface area contributed by atoms with Gasteiger partial charge in [-0.05, 0) is 55.3 Å². The van der Waals surface area contributed by atoms with Crippen molar-refractivity contribution in [2.75, 3.05) is 13.2 Å². The summed E-state index contributed by atoms with van der Waals surface area (Å²) in [4.78, 5) is 26.8. The highest BCUT2D eigenvalue weighted by atomic mass is 19.1. The highest BCUT2D eigenvalue weighted by Crippen LogP contribution is 2.41. The number of pyridine rings is 1. The molecule has 0 bridgehead atoms. The van der Waals surface area contributed by atoms with Crippen molar-refractivity contribution in [3.63, 3.8) is 0 Å². The number of ether oxygens (including phenoxy) is 1. The zero-order valence-corrected chi connectivity index (χ0v) is 17.9. The van der Waals surface area contributed by atoms with Crippen molar-refractivity contribution in [1.29, 1.82) is 0 Å². The Kier molecular flexibility index (Phi) is 5.75. The zero-order chi connectivity index (χ0) is 22.8. The number of benzene rings is 2. The molecule has 7 nitrogen and oxygen atoms in total. The number of hydrogen-bond donors (Lipinski definition) is 2. The Morgan fingerprint density at radius 2 is 2.06 bits per heavy atom. The van der Waals surface area contributed by atoms with Crippen LogP contribution < -0.4 is 4.74 Å². The number of halogens is 1. The lowest BCUT2D eigenvalue weighted by atomic mass is 10.0. The number of carbonyl (C=O) groups is 1. The van der Waals surface area contributed by atoms with Gasteiger partial charge in [-0.3, -0.25) is 9.78 Å². The minimum atomic E-state index is -0.345. The molecular formula is C25H23FN4O3. The summed E-state index contributed by atoms with van der Waals surface area (Å²) in [6.07, 6.45) is 3.43. The SMILES string of the molecule is O=C(CCO)N1CCCC1c1cc2[nH]c(-c3ccccn3)nc2cc1Oc1ccc(F)cc1. The number of fused-ring (bicyclic) bond motifs is 1. The summed E-state index contributed by atoms with van der Waals surface area (Å²) >= 11 is 0. The number of H-pyrrole nitrogens is 1. The number of nitrogens with one attached hydrogen (secondary N) is 1. The first kappa shape index (κ1) is 21.1. The van der Waals surface area contributed by atoms with E-state index in [1.54, 1.807) is 23.2 Å². The fraction of sp³-hybridized carbons (Fsp3) is 0.240. The van der Waals surface area contributed by atoms with E-state index in [1.807, 2.05) is 30.3 Å². The van der Waals surface area contributed by atoms with E-state index >= 15 is 0 Å². The molecule has 2 aromatic carbocycles. The van der Waals surface area contributed by atoms with E-state index in [1.165, 1.54) is 12.1 Å². The van der Waals surface area contributed by atoms with E-state index < -0.39 is 0 Å². The predicted molar refractivity (Wildman–Crippen MR) is 121 cm³/mol. The summed E-state index contributed by atoms with van der Waals surface area (Å²) in [6.45, 7) is 0.438. The van der Waals surface area contributed by atoms with Gasteiger partial charge in [0.25, 0.3) is 0 Å². The number of imidazole rings is 1. The van der Waals surface area contributed by atoms with Gasteiger partial charge in [-0.25, -0.2) is 9.37 Å². The van der Waals surface area contributed by atoms with Crippen LogP contribution in [0.3, 0.4) is 0 Å². The maximum atomic E-state index is 13.4. The Labute approximate surface area is 189 Å². The fourth-order valence-electron chi connectivity index (χ4n) is 4.28. The highest BCUT2D eigenvalue weighted by molar-refractivity contribution is 5.83. The Morgan fingerprint density at radius 1 is 1.21 bits per heavy atom. The van der Waals surface area contributed by atoms with Gasteiger partial charge >= 0.3 is 0 Å². The van der Waals surface area contributed by atoms with Crippen LogP contribution >= 0.6 is 0 Å². The number of aromatic nitrogens is 3. The van der Waals surface area contributed by atoms with Crippen LogP contribution in [-0.4, -0.2) is 44.0 Å². The number of likely N-dealkylation sites (tertiary alicyclic amines) is 1. The molecule has 1 fully saturated rings. The first-order chi connectivity index (χ1) is 16.1. The third-order valence-corrected chi connectivity index (χ3v) is 5.82. The molecule has 1 atom stereocenters. The molecule has 1 amide bonds. The van der Waals surface area contributed by atoms with Crippen LogP contribution in [-0.2, 0) is 4.79 Å². The van der Waals surface area contributed by atoms with Crippen LogP contribution in [0.1, 0.15) is 30.9 Å². The molecule has 1 aliphatic rings. The molecule has 1 saturated heterocycles. The molecule has 168 valence electrons. The van der Waals surface area contributed by atoms with E-state index in [-0.39, 0.29) is 30.8 Å². The second kappa shape index (κ2) is 8.99. The Morgan fingerprint density at radius 3 is 2.82 bits per heavy atom. The van der Waals surface area contributed by atoms with E-state index in [4.69, 9.17) is 4.74 Å². The zero-order valence-electron chi connectivity index (χ0n) is 17.9. The Bertz CT molecular complexity index is 1270. The molecule has 1 aliphatic heterocycles. The third kappa shape index (κ3) is 4.29. The number of rotatable bonds is 6. The maximum Gasteiger partial charge on any atom is 0.225 e. The predicted octanol–water partition coefficient (Wildman–Crippen LogP) is 4.60. The summed E-state index contributed by atoms with van der Waals surface area (Å²) in [5.74, 6) is 1.24. The van der Waals surface area contributed by atoms with Crippen molar-refractivity contribution >= 4 is 16.9 Å². The number of amides is 1. The summed E-state index contributed by atoms with van der Waals surface area (Å²) < 4.78 is 19.6. The average Bonchev–Trinajstić information content (AvgIpc) is 3.48. The largest absolute Gasteiger partial charge is 0.457 e. The molecule has 1 unspecified atom stereocenters. The molecular weight excluding hydrogens is 423 g/mol. The smallest absolute Gasteiger partial charge is 0.225 e. The van der Waals surface area contributed by atoms with E-state index in [0.717, 1.165) is 29.6 Å². The average molecular weight is 446 g/mol. The molecule has 5 rings (SSSR count). The molecule has 0 radical (unpaired) electrons. The van der Waals surface area contributed by atoms with E-state index in [0.29, 0.717) is 29.4 Å². The van der Waals surface area contributed by atoms with Gasteiger partial charge in [0.15, 0.2) is 5.82 Å². The molecule has 0 spiro atoms. The van der Waals surface area contributed by atoms with E-state index in [9.17, 15) is 14.3 Å². The standard InChI is InChI=1S/C25H23FN4O3/c26-16-6-8-17(9-7-16)33-23-15-21-20(28-25(29-21)19-4-1-2-11-27-19)14-18(23)22-5-3-12-30(22)24(32)10-13-31/h1-2,4,6-9,11,14-15,22,31H,3,5,10,12-13H2,(H,28,29). The molecule has 0 saturated carbocycles. The topological polar surface area (TPSA) is 91.3 Å². The number of aliphatic hydroxyl groups excluding tert-OH is 1. The van der Waals surface area contributed by atoms with Crippen LogP contribution in [0.4, 0.5) is 4.39 Å². The number of aromatic amines is 1. The van der Waals surface area contributed by atoms with Crippen LogP contribution in [0.15, 0.2) is 60.8 Å². The summed E-state index contributed by atoms with van der Waals surface area (Å²) in [7, 11) is 0. The van der Waals surface area contributed by atoms with Gasteiger partial charge in [-0.2, -0.15) is 0 Å². The van der Waals surface area contributed by atoms with Gasteiger partial charge in [0, 0.05) is 30.8 Å². The van der Waals surface area contributed by atoms with Crippen molar-refractivity contribution in [1.82, 2.24) is 19.9 Å². The van der Waals surface area contributed by atoms with Crippen LogP contribution in [0.25, 0.3) is 22.6 Å². The fourth-order valence-corrected chi connectivity index (χ4v) is 4.28. The van der Waals surface area contributed by atoms with Crippen LogP contribution in [0.5, 0.6) is 11.5 Å². The van der Waals surface area contributed by atoms with Gasteiger partial charge in [0.2, 0.25) is 5.91 Å². The molecule has 0 aliphatic carbocycles. The van der Waals surface area contributed by atoms with E-state index in [2.05, 4.69) is 15.0 Å². The molecule has 3 heterocycles. The number of aliphatic hydroxyl groups is 1. The van der Waals surface area contributed by atoms with Crippen LogP contribution in [0.2, 0.25) is 0 Å². The van der Waals surface area contributed by atoms with Crippen molar-refractivity contribution in [3.8, 4) is 23.0 Å². The maximum absolute atomic E-state index is 13.4. The van der Waals surface area contributed by atoms with Gasteiger partial charge in [-0.1, -0.05) is 6.07 Å². The first-order valence-corrected chi connectivity index (χ1v) is 10.9. The third-order valence-electron chi connectivity index (χ3n) is 5.82. The molecule has 4 aromatic rings. The van der Waals surface area contributed by atoms with Gasteiger partial charge in [0.1, 0.15) is 23.0 Å². The second-order valence-electron chi connectivity index (χ2n) is 7.98. The van der Waals surface area contributed by atoms with Crippen molar-refractivity contribution in [2.45, 2.75) is 25.3 Å². The molecule has 8 heteroatoms. The van der Waals surface area contributed by atoms with Crippen molar-refractivity contribution in [3.05, 3.63) is 72.2 Å². The van der Waals surface area contributed by atoms with Crippen LogP contribution in [0, 0.1) is 5.82 Å². The summed E-state index contributed by atoms with van der Waals surface area (Å²) in [5, 5.41) is 9.26. The van der Waals surface area contributed by atoms with Gasteiger partial charge < -0.3 is 19.7 Å². The quantitative estimate of drug-likeness (QED) is 0.452. The summed E-state index contributed by atoms with van der Waals surface area (Å²) in [5.41, 5.74) is 3.06. The Hall–Kier alpha value is -3.78. The van der Waals surface area contributed by atoms with Gasteiger partial charge in [0.05, 0.1) is 23.7 Å². The first-order valence-electron chi connectivity index (χ1n) is 10.9. The lowest BCUT2D eigenvalue weighted by molar-refractivity contribution is -0.132. The van der Waals surface area contributed by atoms with Crippen molar-refractivity contribution < 1.29 is 19.0 Å². The van der Waals surface area contributed by atoms with Crippen molar-refractivity contribution in [2.24, 2.45) is 0 Å². The second-order valence-corrected chi connectivity index (χ2v) is 7.98. The molecule has 2 aromatic heterocycles. The highest BCUT2D eigenvalue weighted by Gasteiger charge is 2.32. The minimum Gasteiger partial charge on any atom is -0.457 e. The summed E-state index contributed by atoms with van der Waals surface area (Å²) in [6, 6.07) is 15.0. The number of hydrogen-bond acceptors (Lipinski definition) is 5. The lowest BCUT2D eigenvalue weighted by Crippen LogP contribution is -2.31. The molecule has 33 heavy (non-hydrogen) atoms.